The Kier molecular flexibility index (Phi) is 7.30. The Balaban J connectivity index is 1.82. The first kappa shape index (κ1) is 25.2. The molecule has 10 heteroatoms. The highest BCUT2D eigenvalue weighted by molar-refractivity contribution is 14.1. The molecule has 0 bridgehead atoms. The van der Waals surface area contributed by atoms with Crippen molar-refractivity contribution in [3.63, 3.8) is 0 Å². The third-order valence-electron chi connectivity index (χ3n) is 5.19. The van der Waals surface area contributed by atoms with Crippen molar-refractivity contribution < 1.29 is 27.4 Å². The van der Waals surface area contributed by atoms with Gasteiger partial charge in [0.1, 0.15) is 11.8 Å². The van der Waals surface area contributed by atoms with Crippen molar-refractivity contribution in [2.24, 2.45) is 5.10 Å². The number of rotatable bonds is 6. The second-order valence-electron chi connectivity index (χ2n) is 7.52. The Morgan fingerprint density at radius 1 is 1.11 bits per heavy atom. The number of benzene rings is 3. The van der Waals surface area contributed by atoms with Gasteiger partial charge in [-0.25, -0.2) is 0 Å². The van der Waals surface area contributed by atoms with Crippen molar-refractivity contribution in [3.8, 4) is 17.6 Å². The van der Waals surface area contributed by atoms with Gasteiger partial charge < -0.3 is 9.47 Å². The molecule has 0 unspecified atom stereocenters. The van der Waals surface area contributed by atoms with Gasteiger partial charge in [-0.3, -0.25) is 4.79 Å². The molecule has 182 valence electrons. The molecule has 1 aliphatic heterocycles. The molecule has 0 saturated heterocycles. The number of halogens is 4. The summed E-state index contributed by atoms with van der Waals surface area (Å²) in [5.74, 6) is 0.177. The van der Waals surface area contributed by atoms with Crippen molar-refractivity contribution in [3.05, 3.63) is 92.6 Å². The van der Waals surface area contributed by atoms with Crippen molar-refractivity contribution in [1.29, 1.82) is 5.26 Å². The molecule has 4 rings (SSSR count). The van der Waals surface area contributed by atoms with E-state index in [0.717, 1.165) is 17.1 Å². The smallest absolute Gasteiger partial charge is 0.416 e. The lowest BCUT2D eigenvalue weighted by atomic mass is 10.00. The van der Waals surface area contributed by atoms with Crippen molar-refractivity contribution >= 4 is 46.0 Å². The number of hydrogen-bond acceptors (Lipinski definition) is 5. The number of hydrogen-bond donors (Lipinski definition) is 0. The lowest BCUT2D eigenvalue weighted by Gasteiger charge is -2.14. The molecule has 0 fully saturated rings. The van der Waals surface area contributed by atoms with Crippen LogP contribution < -0.4 is 14.5 Å². The van der Waals surface area contributed by atoms with E-state index in [2.05, 4.69) is 5.10 Å². The number of anilines is 1. The number of hydrazone groups is 1. The van der Waals surface area contributed by atoms with E-state index >= 15 is 0 Å². The fourth-order valence-corrected chi connectivity index (χ4v) is 4.36. The summed E-state index contributed by atoms with van der Waals surface area (Å²) in [6.07, 6.45) is -2.97. The van der Waals surface area contributed by atoms with E-state index in [0.29, 0.717) is 31.9 Å². The number of carbonyl (C=O) groups excluding carboxylic acids is 1. The van der Waals surface area contributed by atoms with Gasteiger partial charge in [0.05, 0.1) is 27.5 Å². The summed E-state index contributed by atoms with van der Waals surface area (Å²) in [5, 5.41) is 14.2. The minimum Gasteiger partial charge on any atom is -0.493 e. The Morgan fingerprint density at radius 2 is 1.86 bits per heavy atom. The molecule has 36 heavy (non-hydrogen) atoms. The van der Waals surface area contributed by atoms with Crippen LogP contribution in [-0.4, -0.2) is 25.3 Å². The highest BCUT2D eigenvalue weighted by Gasteiger charge is 2.35. The SMILES string of the molecule is COc1cc(C=C2C(=O)N(c3cccc(C(F)(F)F)c3)N=C2c2ccccc2)cc(I)c1OCC#N. The van der Waals surface area contributed by atoms with Gasteiger partial charge in [-0.1, -0.05) is 36.4 Å². The van der Waals surface area contributed by atoms with E-state index in [4.69, 9.17) is 14.7 Å². The summed E-state index contributed by atoms with van der Waals surface area (Å²) in [6, 6.07) is 18.6. The van der Waals surface area contributed by atoms with Crippen LogP contribution in [0.5, 0.6) is 11.5 Å². The minimum atomic E-state index is -4.56. The number of carbonyl (C=O) groups is 1. The number of nitriles is 1. The Morgan fingerprint density at radius 3 is 2.53 bits per heavy atom. The summed E-state index contributed by atoms with van der Waals surface area (Å²) >= 11 is 2.03. The molecule has 0 saturated carbocycles. The van der Waals surface area contributed by atoms with Gasteiger partial charge in [0.2, 0.25) is 0 Å². The normalized spacial score (nSPS) is 14.6. The van der Waals surface area contributed by atoms with Crippen LogP contribution in [0.1, 0.15) is 16.7 Å². The van der Waals surface area contributed by atoms with Gasteiger partial charge >= 0.3 is 6.18 Å². The summed E-state index contributed by atoms with van der Waals surface area (Å²) in [4.78, 5) is 13.5. The first-order valence-corrected chi connectivity index (χ1v) is 11.6. The number of ether oxygens (including phenoxy) is 2. The summed E-state index contributed by atoms with van der Waals surface area (Å²) in [7, 11) is 1.45. The molecule has 3 aromatic carbocycles. The molecule has 0 radical (unpaired) electrons. The van der Waals surface area contributed by atoms with E-state index in [1.165, 1.54) is 19.2 Å². The predicted octanol–water partition coefficient (Wildman–Crippen LogP) is 6.06. The summed E-state index contributed by atoms with van der Waals surface area (Å²) in [5.41, 5.74) is 0.840. The number of methoxy groups -OCH3 is 1. The van der Waals surface area contributed by atoms with E-state index < -0.39 is 17.6 Å². The van der Waals surface area contributed by atoms with Gasteiger partial charge in [-0.2, -0.15) is 28.5 Å². The maximum absolute atomic E-state index is 13.5. The van der Waals surface area contributed by atoms with E-state index in [1.54, 1.807) is 42.5 Å². The maximum Gasteiger partial charge on any atom is 0.416 e. The first-order chi connectivity index (χ1) is 17.2. The largest absolute Gasteiger partial charge is 0.493 e. The topological polar surface area (TPSA) is 74.9 Å². The Bertz CT molecular complexity index is 1410. The zero-order chi connectivity index (χ0) is 25.9. The molecule has 0 aliphatic carbocycles. The van der Waals surface area contributed by atoms with Gasteiger partial charge in [0.25, 0.3) is 5.91 Å². The number of amides is 1. The highest BCUT2D eigenvalue weighted by atomic mass is 127. The third kappa shape index (κ3) is 5.21. The van der Waals surface area contributed by atoms with Crippen LogP contribution in [0.2, 0.25) is 0 Å². The monoisotopic (exact) mass is 603 g/mol. The van der Waals surface area contributed by atoms with Crippen LogP contribution in [0.3, 0.4) is 0 Å². The predicted molar refractivity (Wildman–Crippen MR) is 137 cm³/mol. The zero-order valence-corrected chi connectivity index (χ0v) is 20.9. The maximum atomic E-state index is 13.5. The minimum absolute atomic E-state index is 0.000862. The van der Waals surface area contributed by atoms with E-state index in [-0.39, 0.29) is 17.9 Å². The van der Waals surface area contributed by atoms with Gasteiger partial charge in [0.15, 0.2) is 18.1 Å². The standard InChI is InChI=1S/C26H17F3IN3O3/c1-35-22-14-16(13-21(30)24(22)36-11-10-31)12-20-23(17-6-3-2-4-7-17)32-33(25(20)34)19-9-5-8-18(15-19)26(27,28)29/h2-9,12-15H,11H2,1H3. The van der Waals surface area contributed by atoms with E-state index in [1.807, 2.05) is 34.7 Å². The molecule has 0 aromatic heterocycles. The van der Waals surface area contributed by atoms with E-state index in [9.17, 15) is 18.0 Å². The van der Waals surface area contributed by atoms with Crippen molar-refractivity contribution in [2.75, 3.05) is 18.7 Å². The van der Waals surface area contributed by atoms with Crippen LogP contribution >= 0.6 is 22.6 Å². The molecule has 0 spiro atoms. The molecule has 0 N–H and O–H groups in total. The van der Waals surface area contributed by atoms with Crippen LogP contribution in [0.15, 0.2) is 77.4 Å². The molecule has 1 heterocycles. The second-order valence-corrected chi connectivity index (χ2v) is 8.68. The zero-order valence-electron chi connectivity index (χ0n) is 18.7. The quantitative estimate of drug-likeness (QED) is 0.254. The molecule has 0 atom stereocenters. The fourth-order valence-electron chi connectivity index (χ4n) is 3.58. The van der Waals surface area contributed by atoms with Gasteiger partial charge in [0, 0.05) is 5.56 Å². The van der Waals surface area contributed by atoms with Crippen LogP contribution in [0, 0.1) is 14.9 Å². The molecule has 3 aromatic rings. The average Bonchev–Trinajstić information content (AvgIpc) is 3.19. The number of nitrogens with zero attached hydrogens (tertiary/aromatic N) is 3. The summed E-state index contributed by atoms with van der Waals surface area (Å²) in [6.45, 7) is -0.165. The van der Waals surface area contributed by atoms with Crippen LogP contribution in [0.4, 0.5) is 18.9 Å². The Hall–Kier alpha value is -3.85. The molecular formula is C26H17F3IN3O3. The van der Waals surface area contributed by atoms with Crippen molar-refractivity contribution in [1.82, 2.24) is 0 Å². The Labute approximate surface area is 218 Å². The van der Waals surface area contributed by atoms with Crippen molar-refractivity contribution in [2.45, 2.75) is 6.18 Å². The first-order valence-electron chi connectivity index (χ1n) is 10.5. The van der Waals surface area contributed by atoms with Gasteiger partial charge in [-0.05, 0) is 64.6 Å². The lowest BCUT2D eigenvalue weighted by molar-refractivity contribution is -0.137. The van der Waals surface area contributed by atoms with Crippen LogP contribution in [0.25, 0.3) is 6.08 Å². The van der Waals surface area contributed by atoms with Crippen LogP contribution in [-0.2, 0) is 11.0 Å². The number of alkyl halides is 3. The molecule has 1 amide bonds. The molecule has 1 aliphatic rings. The lowest BCUT2D eigenvalue weighted by Crippen LogP contribution is -2.22. The third-order valence-corrected chi connectivity index (χ3v) is 5.99. The second kappa shape index (κ2) is 10.4. The fraction of sp³-hybridized carbons (Fsp3) is 0.115. The van der Waals surface area contributed by atoms with Gasteiger partial charge in [-0.15, -0.1) is 0 Å². The average molecular weight is 603 g/mol. The highest BCUT2D eigenvalue weighted by Crippen LogP contribution is 2.37. The molecule has 6 nitrogen and oxygen atoms in total. The molecular weight excluding hydrogens is 586 g/mol. The summed E-state index contributed by atoms with van der Waals surface area (Å²) < 4.78 is 51.4.